The van der Waals surface area contributed by atoms with Gasteiger partial charge in [0.1, 0.15) is 18.1 Å². The van der Waals surface area contributed by atoms with Crippen molar-refractivity contribution < 1.29 is 23.9 Å². The average molecular weight is 570 g/mol. The largest absolute Gasteiger partial charge is 0.491 e. The number of thioether (sulfide) groups is 1. The number of ether oxygens (including phenoxy) is 2. The third-order valence-electron chi connectivity index (χ3n) is 5.79. The molecule has 0 aromatic heterocycles. The molecule has 0 saturated carbocycles. The van der Waals surface area contributed by atoms with Crippen molar-refractivity contribution in [3.63, 3.8) is 0 Å². The molecule has 0 radical (unpaired) electrons. The summed E-state index contributed by atoms with van der Waals surface area (Å²) in [5, 5.41) is 0.220. The first kappa shape index (κ1) is 27.8. The maximum atomic E-state index is 13.1. The molecule has 1 saturated heterocycles. The van der Waals surface area contributed by atoms with Crippen molar-refractivity contribution in [1.29, 1.82) is 0 Å². The molecule has 0 aliphatic carbocycles. The van der Waals surface area contributed by atoms with Gasteiger partial charge in [0, 0.05) is 10.6 Å². The Morgan fingerprint density at radius 3 is 2.53 bits per heavy atom. The minimum absolute atomic E-state index is 0.0946. The maximum Gasteiger partial charge on any atom is 0.345 e. The van der Waals surface area contributed by atoms with Crippen molar-refractivity contribution in [2.45, 2.75) is 26.7 Å². The number of rotatable bonds is 8. The lowest BCUT2D eigenvalue weighted by molar-refractivity contribution is -0.123. The van der Waals surface area contributed by atoms with E-state index in [1.807, 2.05) is 25.1 Å². The van der Waals surface area contributed by atoms with Gasteiger partial charge in [-0.3, -0.25) is 14.5 Å². The Hall–Kier alpha value is -3.26. The summed E-state index contributed by atoms with van der Waals surface area (Å²) in [6.45, 7) is 6.39. The molecule has 1 aliphatic rings. The zero-order chi connectivity index (χ0) is 27.4. The molecule has 4 rings (SSSR count). The number of imide groups is 1. The molecule has 0 spiro atoms. The Bertz CT molecular complexity index is 1440. The van der Waals surface area contributed by atoms with Gasteiger partial charge < -0.3 is 9.47 Å². The monoisotopic (exact) mass is 569 g/mol. The van der Waals surface area contributed by atoms with E-state index < -0.39 is 17.1 Å². The number of amides is 2. The first-order valence-corrected chi connectivity index (χ1v) is 13.5. The van der Waals surface area contributed by atoms with Crippen LogP contribution in [0.5, 0.6) is 11.5 Å². The third-order valence-corrected chi connectivity index (χ3v) is 7.26. The molecule has 1 heterocycles. The Balaban J connectivity index is 1.49. The highest BCUT2D eigenvalue weighted by Gasteiger charge is 2.35. The number of hydrogen-bond acceptors (Lipinski definition) is 6. The van der Waals surface area contributed by atoms with Gasteiger partial charge in [0.15, 0.2) is 0 Å². The molecule has 196 valence electrons. The van der Waals surface area contributed by atoms with Gasteiger partial charge in [0.2, 0.25) is 0 Å². The normalized spacial score (nSPS) is 14.5. The SMILES string of the molecule is Cc1ccc(C(C)C)c(OCCN2C(=O)S/C(=C\c3cc(Cl)ccc3OC(=O)c3ccccc3Cl)C2=O)c1. The molecule has 0 bridgehead atoms. The highest BCUT2D eigenvalue weighted by Crippen LogP contribution is 2.35. The number of nitrogens with zero attached hydrogens (tertiary/aromatic N) is 1. The molecule has 1 fully saturated rings. The summed E-state index contributed by atoms with van der Waals surface area (Å²) in [5.41, 5.74) is 2.70. The zero-order valence-electron chi connectivity index (χ0n) is 21.0. The Morgan fingerprint density at radius 1 is 1.03 bits per heavy atom. The quantitative estimate of drug-likeness (QED) is 0.157. The van der Waals surface area contributed by atoms with E-state index in [1.165, 1.54) is 12.1 Å². The van der Waals surface area contributed by atoms with Crippen LogP contribution >= 0.6 is 35.0 Å². The van der Waals surface area contributed by atoms with Crippen molar-refractivity contribution in [3.8, 4) is 11.5 Å². The molecule has 0 atom stereocenters. The topological polar surface area (TPSA) is 72.9 Å². The minimum Gasteiger partial charge on any atom is -0.491 e. The molecule has 3 aromatic rings. The lowest BCUT2D eigenvalue weighted by Crippen LogP contribution is -2.32. The van der Waals surface area contributed by atoms with Crippen molar-refractivity contribution >= 4 is 58.2 Å². The van der Waals surface area contributed by atoms with Crippen LogP contribution in [-0.2, 0) is 4.79 Å². The fourth-order valence-corrected chi connectivity index (χ4v) is 5.08. The summed E-state index contributed by atoms with van der Waals surface area (Å²) in [4.78, 5) is 39.8. The summed E-state index contributed by atoms with van der Waals surface area (Å²) in [6, 6.07) is 17.2. The number of hydrogen-bond donors (Lipinski definition) is 0. The first-order chi connectivity index (χ1) is 18.1. The van der Waals surface area contributed by atoms with Crippen molar-refractivity contribution in [2.24, 2.45) is 0 Å². The molecule has 6 nitrogen and oxygen atoms in total. The molecular formula is C29H25Cl2NO5S. The van der Waals surface area contributed by atoms with E-state index in [4.69, 9.17) is 32.7 Å². The van der Waals surface area contributed by atoms with E-state index in [0.29, 0.717) is 10.6 Å². The van der Waals surface area contributed by atoms with E-state index in [1.54, 1.807) is 36.4 Å². The lowest BCUT2D eigenvalue weighted by Gasteiger charge is -2.17. The summed E-state index contributed by atoms with van der Waals surface area (Å²) in [7, 11) is 0. The predicted molar refractivity (Wildman–Crippen MR) is 151 cm³/mol. The van der Waals surface area contributed by atoms with E-state index in [-0.39, 0.29) is 40.3 Å². The maximum absolute atomic E-state index is 13.1. The standard InChI is InChI=1S/C29H25Cl2NO5S/c1-17(2)21-10-8-18(3)14-25(21)36-13-12-32-27(33)26(38-29(32)35)16-19-15-20(30)9-11-24(19)37-28(34)22-6-4-5-7-23(22)31/h4-11,14-17H,12-13H2,1-3H3/b26-16-. The van der Waals surface area contributed by atoms with Crippen LogP contribution < -0.4 is 9.47 Å². The Labute approximate surface area is 235 Å². The highest BCUT2D eigenvalue weighted by atomic mass is 35.5. The van der Waals surface area contributed by atoms with Crippen LogP contribution in [0.3, 0.4) is 0 Å². The van der Waals surface area contributed by atoms with E-state index in [0.717, 1.165) is 33.5 Å². The second-order valence-electron chi connectivity index (χ2n) is 8.93. The van der Waals surface area contributed by atoms with Crippen LogP contribution in [0.15, 0.2) is 65.6 Å². The third kappa shape index (κ3) is 6.41. The second kappa shape index (κ2) is 12.1. The summed E-state index contributed by atoms with van der Waals surface area (Å²) in [5.74, 6) is 0.0706. The van der Waals surface area contributed by atoms with Crippen LogP contribution in [-0.4, -0.2) is 35.2 Å². The lowest BCUT2D eigenvalue weighted by atomic mass is 10.0. The second-order valence-corrected chi connectivity index (χ2v) is 10.8. The van der Waals surface area contributed by atoms with Gasteiger partial charge in [-0.05, 0) is 78.2 Å². The molecule has 1 aliphatic heterocycles. The Kier molecular flexibility index (Phi) is 8.82. The van der Waals surface area contributed by atoms with Gasteiger partial charge in [-0.2, -0.15) is 0 Å². The summed E-state index contributed by atoms with van der Waals surface area (Å²) >= 11 is 13.1. The van der Waals surface area contributed by atoms with Crippen molar-refractivity contribution in [3.05, 3.63) is 97.9 Å². The van der Waals surface area contributed by atoms with E-state index in [9.17, 15) is 14.4 Å². The van der Waals surface area contributed by atoms with Gasteiger partial charge in [-0.1, -0.05) is 61.3 Å². The van der Waals surface area contributed by atoms with Gasteiger partial charge in [0.25, 0.3) is 11.1 Å². The molecular weight excluding hydrogens is 545 g/mol. The number of benzene rings is 3. The predicted octanol–water partition coefficient (Wildman–Crippen LogP) is 7.76. The number of esters is 1. The molecule has 9 heteroatoms. The van der Waals surface area contributed by atoms with Crippen molar-refractivity contribution in [1.82, 2.24) is 4.90 Å². The fraction of sp³-hybridized carbons (Fsp3) is 0.207. The zero-order valence-corrected chi connectivity index (χ0v) is 23.3. The van der Waals surface area contributed by atoms with Crippen LogP contribution in [0.2, 0.25) is 10.0 Å². The summed E-state index contributed by atoms with van der Waals surface area (Å²) in [6.07, 6.45) is 1.49. The van der Waals surface area contributed by atoms with Crippen LogP contribution in [0.4, 0.5) is 4.79 Å². The fourth-order valence-electron chi connectivity index (χ4n) is 3.83. The van der Waals surface area contributed by atoms with Crippen LogP contribution in [0, 0.1) is 6.92 Å². The van der Waals surface area contributed by atoms with Crippen LogP contribution in [0.1, 0.15) is 46.8 Å². The summed E-state index contributed by atoms with van der Waals surface area (Å²) < 4.78 is 11.5. The molecule has 0 N–H and O–H groups in total. The molecule has 38 heavy (non-hydrogen) atoms. The molecule has 3 aromatic carbocycles. The van der Waals surface area contributed by atoms with Crippen molar-refractivity contribution in [2.75, 3.05) is 13.2 Å². The molecule has 0 unspecified atom stereocenters. The van der Waals surface area contributed by atoms with E-state index >= 15 is 0 Å². The smallest absolute Gasteiger partial charge is 0.345 e. The first-order valence-electron chi connectivity index (χ1n) is 11.9. The molecule has 2 amide bonds. The van der Waals surface area contributed by atoms with Gasteiger partial charge in [-0.25, -0.2) is 4.79 Å². The van der Waals surface area contributed by atoms with Crippen LogP contribution in [0.25, 0.3) is 6.08 Å². The minimum atomic E-state index is -0.658. The number of aryl methyl sites for hydroxylation is 1. The van der Waals surface area contributed by atoms with E-state index in [2.05, 4.69) is 13.8 Å². The number of halogens is 2. The highest BCUT2D eigenvalue weighted by molar-refractivity contribution is 8.18. The van der Waals surface area contributed by atoms with Gasteiger partial charge in [-0.15, -0.1) is 0 Å². The average Bonchev–Trinajstić information content (AvgIpc) is 3.13. The van der Waals surface area contributed by atoms with Gasteiger partial charge in [0.05, 0.1) is 22.0 Å². The number of carbonyl (C=O) groups excluding carboxylic acids is 3. The Morgan fingerprint density at radius 2 is 1.79 bits per heavy atom. The van der Waals surface area contributed by atoms with Gasteiger partial charge >= 0.3 is 5.97 Å². The number of carbonyl (C=O) groups is 3.